The zero-order valence-electron chi connectivity index (χ0n) is 10.3. The van der Waals surface area contributed by atoms with Crippen molar-refractivity contribution in [1.82, 2.24) is 9.88 Å². The molecule has 96 valence electrons. The van der Waals surface area contributed by atoms with E-state index in [2.05, 4.69) is 4.98 Å². The van der Waals surface area contributed by atoms with Gasteiger partial charge < -0.3 is 10.0 Å². The van der Waals surface area contributed by atoms with Crippen LogP contribution in [0.3, 0.4) is 0 Å². The van der Waals surface area contributed by atoms with Gasteiger partial charge in [-0.3, -0.25) is 9.78 Å². The molecular weight excluding hydrogens is 232 g/mol. The van der Waals surface area contributed by atoms with Gasteiger partial charge in [-0.1, -0.05) is 0 Å². The number of nitrogens with zero attached hydrogens (tertiary/aromatic N) is 2. The number of carbonyl (C=O) groups is 2. The molecule has 0 aliphatic carbocycles. The number of carboxylic acid groups (broad SMARTS) is 1. The fourth-order valence-electron chi connectivity index (χ4n) is 2.39. The lowest BCUT2D eigenvalue weighted by Gasteiger charge is -2.31. The summed E-state index contributed by atoms with van der Waals surface area (Å²) in [4.78, 5) is 28.4. The Hall–Kier alpha value is -1.91. The summed E-state index contributed by atoms with van der Waals surface area (Å²) in [6.45, 7) is 2.91. The Kier molecular flexibility index (Phi) is 3.60. The number of aromatic carboxylic acids is 1. The van der Waals surface area contributed by atoms with Gasteiger partial charge in [0.2, 0.25) is 5.91 Å². The van der Waals surface area contributed by atoms with Crippen molar-refractivity contribution in [3.8, 4) is 0 Å². The largest absolute Gasteiger partial charge is 0.478 e. The van der Waals surface area contributed by atoms with E-state index < -0.39 is 5.97 Å². The predicted molar refractivity (Wildman–Crippen MR) is 65.4 cm³/mol. The standard InChI is InChI=1S/C13H16N2O3/c1-9(16)15-7-4-10(5-8-15)12-11(13(17)18)3-2-6-14-12/h2-3,6,10H,4-5,7-8H2,1H3,(H,17,18). The molecule has 0 atom stereocenters. The van der Waals surface area contributed by atoms with Gasteiger partial charge in [0.05, 0.1) is 11.3 Å². The van der Waals surface area contributed by atoms with Crippen LogP contribution in [0.5, 0.6) is 0 Å². The normalized spacial score (nSPS) is 16.6. The number of carbonyl (C=O) groups excluding carboxylic acids is 1. The summed E-state index contributed by atoms with van der Waals surface area (Å²) < 4.78 is 0. The minimum Gasteiger partial charge on any atom is -0.478 e. The first-order chi connectivity index (χ1) is 8.59. The molecule has 1 aromatic heterocycles. The van der Waals surface area contributed by atoms with Crippen molar-refractivity contribution in [3.05, 3.63) is 29.6 Å². The molecule has 0 bridgehead atoms. The third-order valence-electron chi connectivity index (χ3n) is 3.40. The Bertz CT molecular complexity index is 465. The molecule has 1 aliphatic rings. The van der Waals surface area contributed by atoms with E-state index in [0.29, 0.717) is 18.8 Å². The Morgan fingerprint density at radius 1 is 1.39 bits per heavy atom. The molecule has 0 unspecified atom stereocenters. The van der Waals surface area contributed by atoms with Gasteiger partial charge in [-0.2, -0.15) is 0 Å². The van der Waals surface area contributed by atoms with Crippen LogP contribution in [0.15, 0.2) is 18.3 Å². The van der Waals surface area contributed by atoms with Crippen LogP contribution in [0, 0.1) is 0 Å². The third kappa shape index (κ3) is 2.50. The number of carboxylic acids is 1. The van der Waals surface area contributed by atoms with Gasteiger partial charge in [-0.25, -0.2) is 4.79 Å². The summed E-state index contributed by atoms with van der Waals surface area (Å²) >= 11 is 0. The number of amides is 1. The van der Waals surface area contributed by atoms with E-state index in [1.807, 2.05) is 0 Å². The van der Waals surface area contributed by atoms with Gasteiger partial charge in [-0.05, 0) is 25.0 Å². The Morgan fingerprint density at radius 2 is 2.06 bits per heavy atom. The highest BCUT2D eigenvalue weighted by Gasteiger charge is 2.26. The van der Waals surface area contributed by atoms with Gasteiger partial charge >= 0.3 is 5.97 Å². The molecule has 1 fully saturated rings. The van der Waals surface area contributed by atoms with Gasteiger partial charge in [0.25, 0.3) is 0 Å². The number of aromatic nitrogens is 1. The van der Waals surface area contributed by atoms with Gasteiger partial charge in [0.15, 0.2) is 0 Å². The molecule has 18 heavy (non-hydrogen) atoms. The van der Waals surface area contributed by atoms with E-state index in [-0.39, 0.29) is 17.4 Å². The Balaban J connectivity index is 2.15. The molecule has 0 aromatic carbocycles. The topological polar surface area (TPSA) is 70.5 Å². The van der Waals surface area contributed by atoms with Crippen LogP contribution in [-0.2, 0) is 4.79 Å². The monoisotopic (exact) mass is 248 g/mol. The quantitative estimate of drug-likeness (QED) is 0.861. The van der Waals surface area contributed by atoms with E-state index >= 15 is 0 Å². The molecule has 0 radical (unpaired) electrons. The SMILES string of the molecule is CC(=O)N1CCC(c2ncccc2C(=O)O)CC1. The molecule has 2 heterocycles. The highest BCUT2D eigenvalue weighted by Crippen LogP contribution is 2.28. The second-order valence-electron chi connectivity index (χ2n) is 4.52. The lowest BCUT2D eigenvalue weighted by molar-refractivity contribution is -0.129. The summed E-state index contributed by atoms with van der Waals surface area (Å²) in [7, 11) is 0. The fraction of sp³-hybridized carbons (Fsp3) is 0.462. The number of pyridine rings is 1. The van der Waals surface area contributed by atoms with Gasteiger partial charge in [-0.15, -0.1) is 0 Å². The maximum atomic E-state index is 11.2. The summed E-state index contributed by atoms with van der Waals surface area (Å²) in [5.41, 5.74) is 0.923. The van der Waals surface area contributed by atoms with Crippen molar-refractivity contribution in [2.24, 2.45) is 0 Å². The van der Waals surface area contributed by atoms with E-state index in [4.69, 9.17) is 5.11 Å². The number of piperidine rings is 1. The van der Waals surface area contributed by atoms with Crippen LogP contribution in [0.4, 0.5) is 0 Å². The van der Waals surface area contributed by atoms with Crippen LogP contribution in [0.25, 0.3) is 0 Å². The molecule has 2 rings (SSSR count). The maximum Gasteiger partial charge on any atom is 0.337 e. The number of hydrogen-bond donors (Lipinski definition) is 1. The Labute approximate surface area is 105 Å². The summed E-state index contributed by atoms with van der Waals surface area (Å²) in [6, 6.07) is 3.22. The number of hydrogen-bond acceptors (Lipinski definition) is 3. The maximum absolute atomic E-state index is 11.2. The first-order valence-electron chi connectivity index (χ1n) is 6.03. The van der Waals surface area contributed by atoms with Crippen LogP contribution >= 0.6 is 0 Å². The summed E-state index contributed by atoms with van der Waals surface area (Å²) in [5, 5.41) is 9.13. The highest BCUT2D eigenvalue weighted by molar-refractivity contribution is 5.89. The second-order valence-corrected chi connectivity index (χ2v) is 4.52. The molecule has 1 amide bonds. The molecular formula is C13H16N2O3. The highest BCUT2D eigenvalue weighted by atomic mass is 16.4. The average Bonchev–Trinajstić information content (AvgIpc) is 2.39. The molecule has 5 heteroatoms. The van der Waals surface area contributed by atoms with E-state index in [1.165, 1.54) is 0 Å². The molecule has 1 N–H and O–H groups in total. The van der Waals surface area contributed by atoms with Crippen molar-refractivity contribution in [2.75, 3.05) is 13.1 Å². The smallest absolute Gasteiger partial charge is 0.337 e. The molecule has 0 saturated carbocycles. The van der Waals surface area contributed by atoms with Gasteiger partial charge in [0.1, 0.15) is 0 Å². The van der Waals surface area contributed by atoms with E-state index in [1.54, 1.807) is 30.2 Å². The van der Waals surface area contributed by atoms with Crippen molar-refractivity contribution >= 4 is 11.9 Å². The zero-order chi connectivity index (χ0) is 13.1. The van der Waals surface area contributed by atoms with Crippen molar-refractivity contribution < 1.29 is 14.7 Å². The van der Waals surface area contributed by atoms with E-state index in [9.17, 15) is 9.59 Å². The van der Waals surface area contributed by atoms with Crippen molar-refractivity contribution in [2.45, 2.75) is 25.7 Å². The van der Waals surface area contributed by atoms with Crippen LogP contribution in [0.2, 0.25) is 0 Å². The molecule has 1 saturated heterocycles. The Morgan fingerprint density at radius 3 is 2.61 bits per heavy atom. The lowest BCUT2D eigenvalue weighted by atomic mass is 9.90. The predicted octanol–water partition coefficient (Wildman–Crippen LogP) is 1.51. The summed E-state index contributed by atoms with van der Waals surface area (Å²) in [5.74, 6) is -0.729. The lowest BCUT2D eigenvalue weighted by Crippen LogP contribution is -2.36. The molecule has 5 nitrogen and oxygen atoms in total. The fourth-order valence-corrected chi connectivity index (χ4v) is 2.39. The average molecular weight is 248 g/mol. The minimum atomic E-state index is -0.938. The van der Waals surface area contributed by atoms with Crippen LogP contribution in [-0.4, -0.2) is 40.0 Å². The third-order valence-corrected chi connectivity index (χ3v) is 3.40. The van der Waals surface area contributed by atoms with Crippen molar-refractivity contribution in [3.63, 3.8) is 0 Å². The first-order valence-corrected chi connectivity index (χ1v) is 6.03. The molecule has 1 aliphatic heterocycles. The molecule has 1 aromatic rings. The van der Waals surface area contributed by atoms with Gasteiger partial charge in [0, 0.05) is 32.1 Å². The zero-order valence-corrected chi connectivity index (χ0v) is 10.3. The second kappa shape index (κ2) is 5.16. The van der Waals surface area contributed by atoms with E-state index in [0.717, 1.165) is 12.8 Å². The van der Waals surface area contributed by atoms with Crippen LogP contribution in [0.1, 0.15) is 41.7 Å². The van der Waals surface area contributed by atoms with Crippen LogP contribution < -0.4 is 0 Å². The first kappa shape index (κ1) is 12.5. The summed E-state index contributed by atoms with van der Waals surface area (Å²) in [6.07, 6.45) is 3.17. The number of likely N-dealkylation sites (tertiary alicyclic amines) is 1. The van der Waals surface area contributed by atoms with Crippen molar-refractivity contribution in [1.29, 1.82) is 0 Å². The minimum absolute atomic E-state index is 0.0768. The number of rotatable bonds is 2. The molecule has 0 spiro atoms.